The van der Waals surface area contributed by atoms with E-state index in [4.69, 9.17) is 5.73 Å². The van der Waals surface area contributed by atoms with E-state index in [0.29, 0.717) is 5.92 Å². The zero-order chi connectivity index (χ0) is 10.1. The second-order valence-corrected chi connectivity index (χ2v) is 4.02. The largest absolute Gasteiger partial charge is 0.324 e. The molecule has 2 N–H and O–H groups in total. The van der Waals surface area contributed by atoms with E-state index in [1.54, 1.807) is 6.07 Å². The molecule has 0 saturated heterocycles. The Morgan fingerprint density at radius 3 is 2.79 bits per heavy atom. The van der Waals surface area contributed by atoms with Crippen molar-refractivity contribution in [2.24, 2.45) is 11.7 Å². The molecule has 1 aromatic rings. The molecule has 1 aliphatic rings. The number of benzene rings is 1. The standard InChI is InChI=1S/C12H16FN/c1-2-9-10(4-3-5-11(9)13)12(14)8-6-7-8/h3-5,8,12H,2,6-7,14H2,1H3/t12-/m1/s1. The van der Waals surface area contributed by atoms with Gasteiger partial charge in [0.25, 0.3) is 0 Å². The molecule has 1 aliphatic carbocycles. The first-order valence-corrected chi connectivity index (χ1v) is 5.27. The van der Waals surface area contributed by atoms with Crippen LogP contribution in [-0.4, -0.2) is 0 Å². The van der Waals surface area contributed by atoms with Crippen LogP contribution in [0.5, 0.6) is 0 Å². The van der Waals surface area contributed by atoms with Crippen LogP contribution in [0.1, 0.15) is 36.9 Å². The first kappa shape index (κ1) is 9.66. The van der Waals surface area contributed by atoms with E-state index in [1.165, 1.54) is 18.9 Å². The lowest BCUT2D eigenvalue weighted by molar-refractivity contribution is 0.583. The summed E-state index contributed by atoms with van der Waals surface area (Å²) in [5.74, 6) is 0.475. The van der Waals surface area contributed by atoms with Gasteiger partial charge in [0.15, 0.2) is 0 Å². The summed E-state index contributed by atoms with van der Waals surface area (Å²) in [5, 5.41) is 0. The Hall–Kier alpha value is -0.890. The Kier molecular flexibility index (Phi) is 2.55. The molecule has 0 unspecified atom stereocenters. The van der Waals surface area contributed by atoms with Gasteiger partial charge in [0.2, 0.25) is 0 Å². The summed E-state index contributed by atoms with van der Waals surface area (Å²) in [4.78, 5) is 0. The Morgan fingerprint density at radius 1 is 1.50 bits per heavy atom. The smallest absolute Gasteiger partial charge is 0.126 e. The number of hydrogen-bond donors (Lipinski definition) is 1. The van der Waals surface area contributed by atoms with Crippen molar-refractivity contribution >= 4 is 0 Å². The van der Waals surface area contributed by atoms with E-state index in [9.17, 15) is 4.39 Å². The molecule has 2 heteroatoms. The van der Waals surface area contributed by atoms with Gasteiger partial charge in [0, 0.05) is 6.04 Å². The average Bonchev–Trinajstić information content (AvgIpc) is 2.99. The summed E-state index contributed by atoms with van der Waals surface area (Å²) < 4.78 is 13.4. The summed E-state index contributed by atoms with van der Waals surface area (Å²) in [5.41, 5.74) is 7.89. The molecule has 1 nitrogen and oxygen atoms in total. The second-order valence-electron chi connectivity index (χ2n) is 4.02. The number of nitrogens with two attached hydrogens (primary N) is 1. The normalized spacial score (nSPS) is 18.2. The third-order valence-electron chi connectivity index (χ3n) is 3.00. The molecule has 0 aliphatic heterocycles. The van der Waals surface area contributed by atoms with E-state index < -0.39 is 0 Å². The Balaban J connectivity index is 2.35. The van der Waals surface area contributed by atoms with Crippen LogP contribution in [0.4, 0.5) is 4.39 Å². The van der Waals surface area contributed by atoms with Gasteiger partial charge in [-0.25, -0.2) is 4.39 Å². The highest BCUT2D eigenvalue weighted by Gasteiger charge is 2.30. The van der Waals surface area contributed by atoms with Crippen LogP contribution in [0.15, 0.2) is 18.2 Å². The molecule has 14 heavy (non-hydrogen) atoms. The van der Waals surface area contributed by atoms with Gasteiger partial charge in [-0.05, 0) is 42.4 Å². The molecule has 2 rings (SSSR count). The minimum atomic E-state index is -0.110. The van der Waals surface area contributed by atoms with Crippen molar-refractivity contribution in [2.45, 2.75) is 32.2 Å². The predicted octanol–water partition coefficient (Wildman–Crippen LogP) is 2.80. The van der Waals surface area contributed by atoms with Crippen LogP contribution in [0, 0.1) is 11.7 Å². The summed E-state index contributed by atoms with van der Waals surface area (Å²) in [6.07, 6.45) is 3.12. The van der Waals surface area contributed by atoms with Gasteiger partial charge in [-0.2, -0.15) is 0 Å². The molecule has 0 heterocycles. The molecule has 76 valence electrons. The summed E-state index contributed by atoms with van der Waals surface area (Å²) in [6, 6.07) is 5.28. The fourth-order valence-electron chi connectivity index (χ4n) is 1.97. The summed E-state index contributed by atoms with van der Waals surface area (Å²) >= 11 is 0. The van der Waals surface area contributed by atoms with Crippen LogP contribution in [-0.2, 0) is 6.42 Å². The van der Waals surface area contributed by atoms with Crippen LogP contribution in [0.2, 0.25) is 0 Å². The topological polar surface area (TPSA) is 26.0 Å². The molecule has 0 aromatic heterocycles. The molecule has 0 spiro atoms. The van der Waals surface area contributed by atoms with Gasteiger partial charge in [0.1, 0.15) is 5.82 Å². The van der Waals surface area contributed by atoms with Gasteiger partial charge < -0.3 is 5.73 Å². The Labute approximate surface area is 84.1 Å². The quantitative estimate of drug-likeness (QED) is 0.784. The Bertz CT molecular complexity index is 331. The minimum absolute atomic E-state index is 0.0423. The highest BCUT2D eigenvalue weighted by Crippen LogP contribution is 2.40. The van der Waals surface area contributed by atoms with Crippen molar-refractivity contribution in [3.05, 3.63) is 35.1 Å². The first-order chi connectivity index (χ1) is 6.74. The third-order valence-corrected chi connectivity index (χ3v) is 3.00. The maximum absolute atomic E-state index is 13.4. The Morgan fingerprint density at radius 2 is 2.21 bits per heavy atom. The van der Waals surface area contributed by atoms with E-state index in [-0.39, 0.29) is 11.9 Å². The predicted molar refractivity (Wildman–Crippen MR) is 55.4 cm³/mol. The summed E-state index contributed by atoms with van der Waals surface area (Å²) in [6.45, 7) is 1.97. The van der Waals surface area contributed by atoms with Gasteiger partial charge in [0.05, 0.1) is 0 Å². The lowest BCUT2D eigenvalue weighted by Gasteiger charge is -2.15. The number of hydrogen-bond acceptors (Lipinski definition) is 1. The molecular weight excluding hydrogens is 177 g/mol. The van der Waals surface area contributed by atoms with Crippen molar-refractivity contribution in [3.8, 4) is 0 Å². The highest BCUT2D eigenvalue weighted by atomic mass is 19.1. The zero-order valence-corrected chi connectivity index (χ0v) is 8.46. The number of rotatable bonds is 3. The molecule has 0 radical (unpaired) electrons. The fourth-order valence-corrected chi connectivity index (χ4v) is 1.97. The van der Waals surface area contributed by atoms with Gasteiger partial charge in [-0.15, -0.1) is 0 Å². The molecule has 0 amide bonds. The van der Waals surface area contributed by atoms with E-state index in [1.807, 2.05) is 13.0 Å². The second kappa shape index (κ2) is 3.70. The number of halogens is 1. The van der Waals surface area contributed by atoms with E-state index in [0.717, 1.165) is 17.5 Å². The molecular formula is C12H16FN. The van der Waals surface area contributed by atoms with Crippen LogP contribution >= 0.6 is 0 Å². The molecule has 1 saturated carbocycles. The third kappa shape index (κ3) is 1.67. The van der Waals surface area contributed by atoms with Crippen LogP contribution < -0.4 is 5.73 Å². The highest BCUT2D eigenvalue weighted by molar-refractivity contribution is 5.32. The maximum atomic E-state index is 13.4. The van der Waals surface area contributed by atoms with E-state index >= 15 is 0 Å². The van der Waals surface area contributed by atoms with Gasteiger partial charge in [-0.3, -0.25) is 0 Å². The van der Waals surface area contributed by atoms with E-state index in [2.05, 4.69) is 0 Å². The molecule has 1 atom stereocenters. The monoisotopic (exact) mass is 193 g/mol. The van der Waals surface area contributed by atoms with Gasteiger partial charge in [-0.1, -0.05) is 19.1 Å². The SMILES string of the molecule is CCc1c(F)cccc1[C@H](N)C1CC1. The summed E-state index contributed by atoms with van der Waals surface area (Å²) in [7, 11) is 0. The van der Waals surface area contributed by atoms with Crippen molar-refractivity contribution < 1.29 is 4.39 Å². The minimum Gasteiger partial charge on any atom is -0.324 e. The maximum Gasteiger partial charge on any atom is 0.126 e. The molecule has 1 aromatic carbocycles. The van der Waals surface area contributed by atoms with Crippen LogP contribution in [0.25, 0.3) is 0 Å². The fraction of sp³-hybridized carbons (Fsp3) is 0.500. The molecule has 1 fully saturated rings. The molecule has 0 bridgehead atoms. The van der Waals surface area contributed by atoms with Crippen molar-refractivity contribution in [1.29, 1.82) is 0 Å². The average molecular weight is 193 g/mol. The van der Waals surface area contributed by atoms with Crippen molar-refractivity contribution in [3.63, 3.8) is 0 Å². The lowest BCUT2D eigenvalue weighted by atomic mass is 9.96. The van der Waals surface area contributed by atoms with Crippen molar-refractivity contribution in [1.82, 2.24) is 0 Å². The lowest BCUT2D eigenvalue weighted by Crippen LogP contribution is -2.15. The first-order valence-electron chi connectivity index (χ1n) is 5.27. The van der Waals surface area contributed by atoms with Crippen molar-refractivity contribution in [2.75, 3.05) is 0 Å². The van der Waals surface area contributed by atoms with Gasteiger partial charge >= 0.3 is 0 Å². The zero-order valence-electron chi connectivity index (χ0n) is 8.46. The van der Waals surface area contributed by atoms with Crippen LogP contribution in [0.3, 0.4) is 0 Å².